The van der Waals surface area contributed by atoms with Crippen LogP contribution >= 0.6 is 11.3 Å². The van der Waals surface area contributed by atoms with Gasteiger partial charge in [0, 0.05) is 18.7 Å². The van der Waals surface area contributed by atoms with Gasteiger partial charge in [-0.05, 0) is 44.1 Å². The smallest absolute Gasteiger partial charge is 0.279 e. The van der Waals surface area contributed by atoms with Gasteiger partial charge in [-0.15, -0.1) is 0 Å². The number of nitrogens with zero attached hydrogens (tertiary/aromatic N) is 2. The first-order valence-electron chi connectivity index (χ1n) is 12.1. The number of anilines is 2. The van der Waals surface area contributed by atoms with Crippen molar-refractivity contribution in [3.63, 3.8) is 0 Å². The van der Waals surface area contributed by atoms with Crippen LogP contribution in [-0.2, 0) is 17.6 Å². The van der Waals surface area contributed by atoms with Crippen LogP contribution in [-0.4, -0.2) is 50.2 Å². The van der Waals surface area contributed by atoms with E-state index in [1.54, 1.807) is 11.3 Å². The zero-order chi connectivity index (χ0) is 21.8. The minimum atomic E-state index is 0.103. The van der Waals surface area contributed by atoms with Crippen molar-refractivity contribution in [3.05, 3.63) is 16.0 Å². The Morgan fingerprint density at radius 1 is 1.10 bits per heavy atom. The summed E-state index contributed by atoms with van der Waals surface area (Å²) in [5, 5.41) is 1.10. The molecule has 0 atom stereocenters. The highest BCUT2D eigenvalue weighted by molar-refractivity contribution is 7.20. The fraction of sp³-hybridized carbons (Fsp3) is 0.667. The normalized spacial score (nSPS) is 16.5. The lowest BCUT2D eigenvalue weighted by atomic mass is 9.89. The molecular formula is C24H37N4O2S+. The van der Waals surface area contributed by atoms with E-state index in [1.165, 1.54) is 29.8 Å². The molecule has 3 N–H and O–H groups in total. The molecule has 3 heterocycles. The summed E-state index contributed by atoms with van der Waals surface area (Å²) in [5.41, 5.74) is 10.1. The molecule has 1 amide bonds. The fourth-order valence-electron chi connectivity index (χ4n) is 4.83. The third kappa shape index (κ3) is 4.53. The van der Waals surface area contributed by atoms with E-state index >= 15 is 0 Å². The molecule has 0 unspecified atom stereocenters. The van der Waals surface area contributed by atoms with Crippen LogP contribution < -0.4 is 15.6 Å². The third-order valence-corrected chi connectivity index (χ3v) is 7.71. The number of morpholine rings is 1. The number of amides is 1. The lowest BCUT2D eigenvalue weighted by molar-refractivity contribution is -0.328. The average Bonchev–Trinajstić information content (AvgIpc) is 3.15. The molecule has 0 aromatic carbocycles. The van der Waals surface area contributed by atoms with Crippen LogP contribution in [0.25, 0.3) is 10.2 Å². The molecule has 1 aliphatic heterocycles. The SMILES string of the molecule is CCCCN(CCCC)C(=O)c1sc2[nH+]c(N3CCOCC3)c3c(c2c1N)CCCC3. The van der Waals surface area contributed by atoms with Gasteiger partial charge in [0.25, 0.3) is 11.7 Å². The minimum Gasteiger partial charge on any atom is -0.397 e. The number of rotatable bonds is 8. The van der Waals surface area contributed by atoms with Gasteiger partial charge in [0.1, 0.15) is 18.0 Å². The van der Waals surface area contributed by atoms with Crippen molar-refractivity contribution in [2.75, 3.05) is 50.0 Å². The van der Waals surface area contributed by atoms with Gasteiger partial charge in [-0.3, -0.25) is 9.69 Å². The van der Waals surface area contributed by atoms with Crippen LogP contribution in [0, 0.1) is 0 Å². The number of aryl methyl sites for hydroxylation is 1. The summed E-state index contributed by atoms with van der Waals surface area (Å²) in [6.45, 7) is 9.30. The van der Waals surface area contributed by atoms with E-state index in [1.807, 2.05) is 4.90 Å². The number of nitrogens with one attached hydrogen (secondary N) is 1. The van der Waals surface area contributed by atoms with Gasteiger partial charge in [0.15, 0.2) is 4.83 Å². The Kier molecular flexibility index (Phi) is 7.33. The van der Waals surface area contributed by atoms with Crippen LogP contribution in [0.3, 0.4) is 0 Å². The summed E-state index contributed by atoms with van der Waals surface area (Å²) >= 11 is 1.55. The van der Waals surface area contributed by atoms with E-state index < -0.39 is 0 Å². The van der Waals surface area contributed by atoms with Crippen molar-refractivity contribution in [1.29, 1.82) is 0 Å². The number of H-pyrrole nitrogens is 1. The van der Waals surface area contributed by atoms with Crippen LogP contribution in [0.2, 0.25) is 0 Å². The maximum atomic E-state index is 13.5. The van der Waals surface area contributed by atoms with E-state index in [4.69, 9.17) is 10.5 Å². The number of pyridine rings is 1. The molecule has 1 saturated heterocycles. The van der Waals surface area contributed by atoms with Crippen LogP contribution in [0.5, 0.6) is 0 Å². The van der Waals surface area contributed by atoms with Gasteiger partial charge >= 0.3 is 0 Å². The summed E-state index contributed by atoms with van der Waals surface area (Å²) in [7, 11) is 0. The zero-order valence-corrected chi connectivity index (χ0v) is 19.9. The van der Waals surface area contributed by atoms with Crippen LogP contribution in [0.15, 0.2) is 0 Å². The Morgan fingerprint density at radius 3 is 2.39 bits per heavy atom. The molecule has 0 spiro atoms. The predicted molar refractivity (Wildman–Crippen MR) is 128 cm³/mol. The first-order valence-corrected chi connectivity index (χ1v) is 12.9. The summed E-state index contributed by atoms with van der Waals surface area (Å²) in [5.74, 6) is 1.33. The van der Waals surface area contributed by atoms with Gasteiger partial charge in [0.2, 0.25) is 0 Å². The summed E-state index contributed by atoms with van der Waals surface area (Å²) in [4.78, 5) is 23.4. The first-order chi connectivity index (χ1) is 15.2. The van der Waals surface area contributed by atoms with E-state index in [0.29, 0.717) is 10.6 Å². The number of nitrogen functional groups attached to an aromatic ring is 1. The summed E-state index contributed by atoms with van der Waals surface area (Å²) < 4.78 is 5.58. The van der Waals surface area contributed by atoms with Gasteiger partial charge in [-0.1, -0.05) is 38.0 Å². The molecule has 6 nitrogen and oxygen atoms in total. The second-order valence-corrected chi connectivity index (χ2v) is 9.81. The van der Waals surface area contributed by atoms with Gasteiger partial charge in [-0.25, -0.2) is 4.98 Å². The van der Waals surface area contributed by atoms with Gasteiger partial charge in [0.05, 0.1) is 24.3 Å². The Balaban J connectivity index is 1.75. The van der Waals surface area contributed by atoms with Crippen molar-refractivity contribution in [3.8, 4) is 0 Å². The second kappa shape index (κ2) is 10.2. The van der Waals surface area contributed by atoms with E-state index in [2.05, 4.69) is 23.7 Å². The number of nitrogens with two attached hydrogens (primary N) is 1. The number of hydrogen-bond donors (Lipinski definition) is 1. The maximum Gasteiger partial charge on any atom is 0.279 e. The van der Waals surface area contributed by atoms with Crippen molar-refractivity contribution < 1.29 is 14.5 Å². The molecule has 0 bridgehead atoms. The largest absolute Gasteiger partial charge is 0.397 e. The predicted octanol–water partition coefficient (Wildman–Crippen LogP) is 4.06. The molecule has 7 heteroatoms. The molecule has 4 rings (SSSR count). The number of fused-ring (bicyclic) bond motifs is 3. The quantitative estimate of drug-likeness (QED) is 0.665. The van der Waals surface area contributed by atoms with E-state index in [9.17, 15) is 4.79 Å². The molecule has 31 heavy (non-hydrogen) atoms. The number of hydrogen-bond acceptors (Lipinski definition) is 5. The van der Waals surface area contributed by atoms with Crippen LogP contribution in [0.1, 0.15) is 73.2 Å². The maximum absolute atomic E-state index is 13.5. The molecule has 0 radical (unpaired) electrons. The minimum absolute atomic E-state index is 0.103. The Morgan fingerprint density at radius 2 is 1.74 bits per heavy atom. The number of carbonyl (C=O) groups excluding carboxylic acids is 1. The van der Waals surface area contributed by atoms with E-state index in [0.717, 1.165) is 88.1 Å². The van der Waals surface area contributed by atoms with Gasteiger partial charge in [-0.2, -0.15) is 0 Å². The molecule has 170 valence electrons. The fourth-order valence-corrected chi connectivity index (χ4v) is 5.94. The van der Waals surface area contributed by atoms with Crippen molar-refractivity contribution in [2.24, 2.45) is 0 Å². The number of unbranched alkanes of at least 4 members (excludes halogenated alkanes) is 2. The lowest BCUT2D eigenvalue weighted by Crippen LogP contribution is -2.40. The lowest BCUT2D eigenvalue weighted by Gasteiger charge is -2.26. The molecule has 1 fully saturated rings. The van der Waals surface area contributed by atoms with Gasteiger partial charge < -0.3 is 15.4 Å². The highest BCUT2D eigenvalue weighted by atomic mass is 32.1. The Labute approximate surface area is 189 Å². The average molecular weight is 446 g/mol. The van der Waals surface area contributed by atoms with Crippen LogP contribution in [0.4, 0.5) is 11.5 Å². The first kappa shape index (κ1) is 22.3. The molecular weight excluding hydrogens is 408 g/mol. The Hall–Kier alpha value is -1.86. The summed E-state index contributed by atoms with van der Waals surface area (Å²) in [6, 6.07) is 0. The number of thiophene rings is 1. The molecule has 1 aliphatic carbocycles. The molecule has 2 aliphatic rings. The standard InChI is InChI=1S/C24H36N4O2S/c1-3-5-11-28(12-6-4-2)24(29)21-20(25)19-17-9-7-8-10-18(17)22(26-23(19)31-21)27-13-15-30-16-14-27/h3-16,25H2,1-2H3/p+1. The number of aromatic amines is 1. The highest BCUT2D eigenvalue weighted by Gasteiger charge is 2.32. The monoisotopic (exact) mass is 445 g/mol. The number of ether oxygens (including phenoxy) is 1. The van der Waals surface area contributed by atoms with Crippen molar-refractivity contribution >= 4 is 39.0 Å². The second-order valence-electron chi connectivity index (χ2n) is 8.79. The number of aromatic nitrogens is 1. The van der Waals surface area contributed by atoms with Crippen molar-refractivity contribution in [2.45, 2.75) is 65.2 Å². The topological polar surface area (TPSA) is 72.9 Å². The molecule has 2 aromatic rings. The summed E-state index contributed by atoms with van der Waals surface area (Å²) in [6.07, 6.45) is 8.75. The third-order valence-electron chi connectivity index (χ3n) is 6.60. The molecule has 0 saturated carbocycles. The highest BCUT2D eigenvalue weighted by Crippen LogP contribution is 2.40. The number of carbonyl (C=O) groups is 1. The zero-order valence-electron chi connectivity index (χ0n) is 19.1. The molecule has 2 aromatic heterocycles. The van der Waals surface area contributed by atoms with Crippen molar-refractivity contribution in [1.82, 2.24) is 4.90 Å². The van der Waals surface area contributed by atoms with E-state index in [-0.39, 0.29) is 5.91 Å². The Bertz CT molecular complexity index is 912.